The number of phosphoric acid groups is 1. The summed E-state index contributed by atoms with van der Waals surface area (Å²) in [6.45, 7) is 7.69. The molecule has 4 rings (SSSR count). The fourth-order valence-electron chi connectivity index (χ4n) is 3.84. The zero-order valence-corrected chi connectivity index (χ0v) is 18.1. The smallest absolute Gasteiger partial charge is 0.329 e. The minimum Gasteiger partial charge on any atom is -0.329 e. The molecule has 2 aromatic rings. The standard InChI is InChI=1S/C19H25N4O4PS/c1-3-20(4-2)11-12-21-15-8-5-6-9-16(15)22-14-17(18-10-7-13-29-18)23(19(21)22)27-28(24,25)26/h5-10,13-14,19H,3-4,11-12H2,1-2H3,(H2,24,25,26). The molecular weight excluding hydrogens is 411 g/mol. The van der Waals surface area contributed by atoms with Crippen LogP contribution in [0.5, 0.6) is 0 Å². The van der Waals surface area contributed by atoms with Gasteiger partial charge in [-0.3, -0.25) is 0 Å². The van der Waals surface area contributed by atoms with Crippen LogP contribution in [-0.2, 0) is 9.19 Å². The summed E-state index contributed by atoms with van der Waals surface area (Å²) in [4.78, 5) is 26.5. The van der Waals surface area contributed by atoms with E-state index < -0.39 is 14.1 Å². The number of thiophene rings is 1. The van der Waals surface area contributed by atoms with Crippen molar-refractivity contribution in [3.63, 3.8) is 0 Å². The summed E-state index contributed by atoms with van der Waals surface area (Å²) in [5, 5.41) is 3.29. The van der Waals surface area contributed by atoms with Gasteiger partial charge in [-0.05, 0) is 36.7 Å². The quantitative estimate of drug-likeness (QED) is 0.610. The number of hydrogen-bond donors (Lipinski definition) is 2. The molecule has 2 aliphatic heterocycles. The number of fused-ring (bicyclic) bond motifs is 3. The highest BCUT2D eigenvalue weighted by Gasteiger charge is 2.47. The van der Waals surface area contributed by atoms with E-state index >= 15 is 0 Å². The molecule has 0 fully saturated rings. The molecule has 0 radical (unpaired) electrons. The van der Waals surface area contributed by atoms with Gasteiger partial charge in [0.2, 0.25) is 6.29 Å². The molecular formula is C19H25N4O4PS. The third-order valence-corrected chi connectivity index (χ3v) is 6.51. The van der Waals surface area contributed by atoms with E-state index in [2.05, 4.69) is 23.6 Å². The van der Waals surface area contributed by atoms with Crippen molar-refractivity contribution in [2.24, 2.45) is 0 Å². The highest BCUT2D eigenvalue weighted by atomic mass is 32.1. The molecule has 0 bridgehead atoms. The van der Waals surface area contributed by atoms with Crippen LogP contribution in [0, 0.1) is 0 Å². The molecule has 1 atom stereocenters. The first-order valence-corrected chi connectivity index (χ1v) is 12.0. The summed E-state index contributed by atoms with van der Waals surface area (Å²) in [6.07, 6.45) is 1.41. The molecule has 29 heavy (non-hydrogen) atoms. The normalized spacial score (nSPS) is 18.4. The Labute approximate surface area is 174 Å². The van der Waals surface area contributed by atoms with Crippen molar-refractivity contribution in [1.29, 1.82) is 0 Å². The molecule has 2 N–H and O–H groups in total. The van der Waals surface area contributed by atoms with Crippen LogP contribution in [0.1, 0.15) is 18.7 Å². The third-order valence-electron chi connectivity index (χ3n) is 5.22. The lowest BCUT2D eigenvalue weighted by molar-refractivity contribution is -0.0487. The topological polar surface area (TPSA) is 79.7 Å². The molecule has 156 valence electrons. The van der Waals surface area contributed by atoms with E-state index in [9.17, 15) is 14.4 Å². The largest absolute Gasteiger partial charge is 0.491 e. The lowest BCUT2D eigenvalue weighted by atomic mass is 10.2. The highest BCUT2D eigenvalue weighted by molar-refractivity contribution is 7.46. The van der Waals surface area contributed by atoms with E-state index in [1.165, 1.54) is 16.4 Å². The van der Waals surface area contributed by atoms with E-state index in [0.717, 1.165) is 35.9 Å². The van der Waals surface area contributed by atoms with Gasteiger partial charge in [-0.2, -0.15) is 9.69 Å². The molecule has 3 heterocycles. The summed E-state index contributed by atoms with van der Waals surface area (Å²) < 4.78 is 17.0. The van der Waals surface area contributed by atoms with Crippen molar-refractivity contribution < 1.29 is 19.0 Å². The predicted molar refractivity (Wildman–Crippen MR) is 115 cm³/mol. The van der Waals surface area contributed by atoms with Crippen LogP contribution in [0.3, 0.4) is 0 Å². The van der Waals surface area contributed by atoms with Crippen molar-refractivity contribution >= 4 is 36.2 Å². The van der Waals surface area contributed by atoms with Gasteiger partial charge in [0.25, 0.3) is 0 Å². The Balaban J connectivity index is 1.73. The number of benzene rings is 1. The predicted octanol–water partition coefficient (Wildman–Crippen LogP) is 3.34. The van der Waals surface area contributed by atoms with Gasteiger partial charge in [0, 0.05) is 19.3 Å². The summed E-state index contributed by atoms with van der Waals surface area (Å²) in [6, 6.07) is 11.8. The van der Waals surface area contributed by atoms with E-state index in [4.69, 9.17) is 4.62 Å². The molecule has 10 heteroatoms. The SMILES string of the molecule is CCN(CC)CCN1c2ccccc2N2C=C(c3cccs3)N(OP(=O)(O)O)C21. The highest BCUT2D eigenvalue weighted by Crippen LogP contribution is 2.51. The van der Waals surface area contributed by atoms with Crippen molar-refractivity contribution in [2.45, 2.75) is 20.1 Å². The zero-order chi connectivity index (χ0) is 20.6. The number of hydroxylamine groups is 2. The second kappa shape index (κ2) is 8.10. The van der Waals surface area contributed by atoms with E-state index in [0.29, 0.717) is 12.2 Å². The number of rotatable bonds is 8. The van der Waals surface area contributed by atoms with Gasteiger partial charge in [-0.1, -0.05) is 32.0 Å². The minimum absolute atomic E-state index is 0.493. The molecule has 0 amide bonds. The first kappa shape index (κ1) is 20.4. The fraction of sp³-hybridized carbons (Fsp3) is 0.368. The number of para-hydroxylation sites is 2. The third kappa shape index (κ3) is 3.94. The monoisotopic (exact) mass is 436 g/mol. The Morgan fingerprint density at radius 3 is 2.48 bits per heavy atom. The fourth-order valence-corrected chi connectivity index (χ4v) is 4.96. The number of likely N-dealkylation sites (N-methyl/N-ethyl adjacent to an activating group) is 1. The average molecular weight is 436 g/mol. The first-order valence-electron chi connectivity index (χ1n) is 9.59. The van der Waals surface area contributed by atoms with E-state index in [1.807, 2.05) is 52.9 Å². The summed E-state index contributed by atoms with van der Waals surface area (Å²) >= 11 is 1.50. The maximum atomic E-state index is 11.8. The van der Waals surface area contributed by atoms with E-state index in [-0.39, 0.29) is 0 Å². The summed E-state index contributed by atoms with van der Waals surface area (Å²) in [7, 11) is -4.75. The molecule has 0 saturated carbocycles. The second-order valence-electron chi connectivity index (χ2n) is 6.85. The zero-order valence-electron chi connectivity index (χ0n) is 16.4. The Morgan fingerprint density at radius 1 is 1.14 bits per heavy atom. The summed E-state index contributed by atoms with van der Waals surface area (Å²) in [5.74, 6) is 0. The molecule has 1 unspecified atom stereocenters. The first-order chi connectivity index (χ1) is 13.9. The van der Waals surface area contributed by atoms with Crippen LogP contribution < -0.4 is 9.80 Å². The van der Waals surface area contributed by atoms with Crippen LogP contribution in [-0.4, -0.2) is 52.2 Å². The van der Waals surface area contributed by atoms with E-state index in [1.54, 1.807) is 0 Å². The van der Waals surface area contributed by atoms with Crippen molar-refractivity contribution in [3.8, 4) is 0 Å². The van der Waals surface area contributed by atoms with Crippen LogP contribution in [0.15, 0.2) is 48.0 Å². The number of hydrogen-bond acceptors (Lipinski definition) is 7. The van der Waals surface area contributed by atoms with Gasteiger partial charge in [0.1, 0.15) is 5.70 Å². The second-order valence-corrected chi connectivity index (χ2v) is 8.94. The molecule has 0 spiro atoms. The van der Waals surface area contributed by atoms with Gasteiger partial charge >= 0.3 is 7.82 Å². The molecule has 0 saturated heterocycles. The van der Waals surface area contributed by atoms with Crippen LogP contribution in [0.25, 0.3) is 5.70 Å². The lowest BCUT2D eigenvalue weighted by Gasteiger charge is -2.35. The molecule has 0 aliphatic carbocycles. The van der Waals surface area contributed by atoms with Crippen molar-refractivity contribution in [2.75, 3.05) is 36.0 Å². The number of anilines is 2. The van der Waals surface area contributed by atoms with Gasteiger partial charge in [0.15, 0.2) is 0 Å². The van der Waals surface area contributed by atoms with Crippen LogP contribution in [0.2, 0.25) is 0 Å². The molecule has 1 aromatic heterocycles. The Hall–Kier alpha value is -1.87. The maximum Gasteiger partial charge on any atom is 0.491 e. The molecule has 8 nitrogen and oxygen atoms in total. The van der Waals surface area contributed by atoms with Crippen LogP contribution in [0.4, 0.5) is 11.4 Å². The Bertz CT molecular complexity index is 928. The van der Waals surface area contributed by atoms with Gasteiger partial charge < -0.3 is 24.5 Å². The van der Waals surface area contributed by atoms with Gasteiger partial charge in [-0.15, -0.1) is 11.3 Å². The van der Waals surface area contributed by atoms with Crippen molar-refractivity contribution in [1.82, 2.24) is 9.96 Å². The Morgan fingerprint density at radius 2 is 1.86 bits per heavy atom. The average Bonchev–Trinajstić information content (AvgIpc) is 3.39. The van der Waals surface area contributed by atoms with Crippen LogP contribution >= 0.6 is 19.2 Å². The van der Waals surface area contributed by atoms with Gasteiger partial charge in [-0.25, -0.2) is 4.57 Å². The minimum atomic E-state index is -4.75. The Kier molecular flexibility index (Phi) is 5.70. The maximum absolute atomic E-state index is 11.8. The number of nitrogens with zero attached hydrogens (tertiary/aromatic N) is 4. The lowest BCUT2D eigenvalue weighted by Crippen LogP contribution is -2.50. The van der Waals surface area contributed by atoms with Crippen molar-refractivity contribution in [3.05, 3.63) is 52.9 Å². The summed E-state index contributed by atoms with van der Waals surface area (Å²) in [5.41, 5.74) is 2.64. The molecule has 1 aromatic carbocycles. The molecule has 2 aliphatic rings. The van der Waals surface area contributed by atoms with Gasteiger partial charge in [0.05, 0.1) is 16.3 Å².